The van der Waals surface area contributed by atoms with Crippen LogP contribution in [0.2, 0.25) is 0 Å². The average molecular weight is 351 g/mol. The molecule has 26 heavy (non-hydrogen) atoms. The van der Waals surface area contributed by atoms with Crippen LogP contribution >= 0.6 is 0 Å². The summed E-state index contributed by atoms with van der Waals surface area (Å²) in [4.78, 5) is 12.8. The first-order valence-electron chi connectivity index (χ1n) is 8.89. The van der Waals surface area contributed by atoms with Gasteiger partial charge < -0.3 is 5.32 Å². The second kappa shape index (κ2) is 7.47. The molecule has 0 unspecified atom stereocenters. The molecule has 0 spiro atoms. The molecule has 1 aliphatic heterocycles. The summed E-state index contributed by atoms with van der Waals surface area (Å²) in [5.41, 5.74) is 2.23. The van der Waals surface area contributed by atoms with Gasteiger partial charge in [-0.1, -0.05) is 30.7 Å². The van der Waals surface area contributed by atoms with E-state index in [-0.39, 0.29) is 11.8 Å². The molecule has 1 aromatic carbocycles. The second-order valence-electron chi connectivity index (χ2n) is 6.50. The van der Waals surface area contributed by atoms with E-state index in [4.69, 9.17) is 0 Å². The molecule has 1 amide bonds. The monoisotopic (exact) mass is 351 g/mol. The van der Waals surface area contributed by atoms with Gasteiger partial charge in [0.25, 0.3) is 0 Å². The maximum absolute atomic E-state index is 12.8. The summed E-state index contributed by atoms with van der Waals surface area (Å²) in [6.45, 7) is 1.94. The molecule has 0 saturated carbocycles. The SMILES string of the molecule is O=C(NCc1ccccc1Cn1cccn1)[C@H]1CCCCn2nnnc21. The maximum atomic E-state index is 12.8. The molecule has 8 nitrogen and oxygen atoms in total. The molecule has 3 heterocycles. The summed E-state index contributed by atoms with van der Waals surface area (Å²) in [5, 5.41) is 19.1. The van der Waals surface area contributed by atoms with Crippen molar-refractivity contribution in [3.05, 3.63) is 59.7 Å². The largest absolute Gasteiger partial charge is 0.351 e. The van der Waals surface area contributed by atoms with E-state index in [1.807, 2.05) is 35.1 Å². The van der Waals surface area contributed by atoms with Gasteiger partial charge in [0.05, 0.1) is 12.5 Å². The summed E-state index contributed by atoms with van der Waals surface area (Å²) >= 11 is 0. The van der Waals surface area contributed by atoms with E-state index in [1.165, 1.54) is 0 Å². The first-order chi connectivity index (χ1) is 12.8. The van der Waals surface area contributed by atoms with Gasteiger partial charge in [0.2, 0.25) is 5.91 Å². The fourth-order valence-corrected chi connectivity index (χ4v) is 3.37. The van der Waals surface area contributed by atoms with Crippen molar-refractivity contribution in [2.75, 3.05) is 0 Å². The molecular formula is C18H21N7O. The van der Waals surface area contributed by atoms with E-state index >= 15 is 0 Å². The lowest BCUT2D eigenvalue weighted by atomic mass is 10.0. The number of rotatable bonds is 5. The van der Waals surface area contributed by atoms with Crippen molar-refractivity contribution in [3.8, 4) is 0 Å². The van der Waals surface area contributed by atoms with Gasteiger partial charge in [-0.3, -0.25) is 9.48 Å². The summed E-state index contributed by atoms with van der Waals surface area (Å²) in [6.07, 6.45) is 6.45. The number of nitrogens with zero attached hydrogens (tertiary/aromatic N) is 6. The third kappa shape index (κ3) is 3.49. The molecule has 1 N–H and O–H groups in total. The molecule has 0 radical (unpaired) electrons. The number of nitrogens with one attached hydrogen (secondary N) is 1. The first kappa shape index (κ1) is 16.4. The highest BCUT2D eigenvalue weighted by molar-refractivity contribution is 5.82. The standard InChI is InChI=1S/C18H21N7O/c26-18(16-8-3-4-11-25-17(16)21-22-23-25)19-12-14-6-1-2-7-15(14)13-24-10-5-9-20-24/h1-2,5-7,9-10,16H,3-4,8,11-13H2,(H,19,26)/t16-/m0/s1. The molecule has 3 aromatic rings. The normalized spacial score (nSPS) is 16.7. The minimum atomic E-state index is -0.286. The van der Waals surface area contributed by atoms with E-state index in [1.54, 1.807) is 10.9 Å². The molecule has 134 valence electrons. The third-order valence-corrected chi connectivity index (χ3v) is 4.76. The fourth-order valence-electron chi connectivity index (χ4n) is 3.37. The molecule has 1 aliphatic rings. The molecule has 0 aliphatic carbocycles. The zero-order valence-corrected chi connectivity index (χ0v) is 14.5. The molecular weight excluding hydrogens is 330 g/mol. The average Bonchev–Trinajstić information content (AvgIpc) is 3.29. The highest BCUT2D eigenvalue weighted by Crippen LogP contribution is 2.24. The van der Waals surface area contributed by atoms with Crippen LogP contribution in [0.15, 0.2) is 42.7 Å². The van der Waals surface area contributed by atoms with Gasteiger partial charge in [-0.15, -0.1) is 5.10 Å². The van der Waals surface area contributed by atoms with Crippen molar-refractivity contribution in [2.24, 2.45) is 0 Å². The summed E-state index contributed by atoms with van der Waals surface area (Å²) in [5.74, 6) is 0.368. The summed E-state index contributed by atoms with van der Waals surface area (Å²) < 4.78 is 3.63. The minimum absolute atomic E-state index is 0.0168. The quantitative estimate of drug-likeness (QED) is 0.752. The Kier molecular flexibility index (Phi) is 4.72. The van der Waals surface area contributed by atoms with E-state index in [2.05, 4.69) is 32.0 Å². The number of amides is 1. The van der Waals surface area contributed by atoms with Crippen molar-refractivity contribution in [2.45, 2.75) is 44.8 Å². The molecule has 4 rings (SSSR count). The van der Waals surface area contributed by atoms with Crippen LogP contribution in [0.3, 0.4) is 0 Å². The van der Waals surface area contributed by atoms with E-state index < -0.39 is 0 Å². The zero-order valence-electron chi connectivity index (χ0n) is 14.5. The van der Waals surface area contributed by atoms with Crippen LogP contribution in [-0.2, 0) is 24.4 Å². The Hall–Kier alpha value is -3.03. The highest BCUT2D eigenvalue weighted by atomic mass is 16.1. The molecule has 0 saturated heterocycles. The van der Waals surface area contributed by atoms with E-state index in [9.17, 15) is 4.79 Å². The van der Waals surface area contributed by atoms with E-state index in [0.29, 0.717) is 18.9 Å². The van der Waals surface area contributed by atoms with Gasteiger partial charge in [0.15, 0.2) is 5.82 Å². The van der Waals surface area contributed by atoms with Crippen LogP contribution in [0, 0.1) is 0 Å². The number of aryl methyl sites for hydroxylation is 1. The number of tetrazole rings is 1. The first-order valence-corrected chi connectivity index (χ1v) is 8.89. The Morgan fingerprint density at radius 2 is 2.08 bits per heavy atom. The van der Waals surface area contributed by atoms with Crippen molar-refractivity contribution >= 4 is 5.91 Å². The predicted molar refractivity (Wildman–Crippen MR) is 94.0 cm³/mol. The number of hydrogen-bond donors (Lipinski definition) is 1. The van der Waals surface area contributed by atoms with Gasteiger partial charge in [-0.2, -0.15) is 5.10 Å². The predicted octanol–water partition coefficient (Wildman–Crippen LogP) is 1.50. The third-order valence-electron chi connectivity index (χ3n) is 4.76. The highest BCUT2D eigenvalue weighted by Gasteiger charge is 2.28. The fraction of sp³-hybridized carbons (Fsp3) is 0.389. The molecule has 1 atom stereocenters. The molecule has 8 heteroatoms. The summed E-state index contributed by atoms with van der Waals surface area (Å²) in [7, 11) is 0. The second-order valence-corrected chi connectivity index (χ2v) is 6.50. The Morgan fingerprint density at radius 1 is 1.19 bits per heavy atom. The van der Waals surface area contributed by atoms with Gasteiger partial charge in [-0.25, -0.2) is 4.68 Å². The van der Waals surface area contributed by atoms with Crippen LogP contribution in [-0.4, -0.2) is 35.9 Å². The summed E-state index contributed by atoms with van der Waals surface area (Å²) in [6, 6.07) is 10.00. The van der Waals surface area contributed by atoms with Crippen molar-refractivity contribution in [3.63, 3.8) is 0 Å². The number of carbonyl (C=O) groups excluding carboxylic acids is 1. The van der Waals surface area contributed by atoms with Crippen molar-refractivity contribution in [1.82, 2.24) is 35.3 Å². The molecule has 0 fully saturated rings. The lowest BCUT2D eigenvalue weighted by Crippen LogP contribution is -2.30. The van der Waals surface area contributed by atoms with Gasteiger partial charge in [-0.05, 0) is 40.5 Å². The van der Waals surface area contributed by atoms with Crippen molar-refractivity contribution in [1.29, 1.82) is 0 Å². The Labute approximate surface area is 151 Å². The van der Waals surface area contributed by atoms with Gasteiger partial charge in [0.1, 0.15) is 0 Å². The number of hydrogen-bond acceptors (Lipinski definition) is 5. The van der Waals surface area contributed by atoms with Crippen LogP contribution in [0.5, 0.6) is 0 Å². The van der Waals surface area contributed by atoms with Gasteiger partial charge in [0, 0.05) is 25.5 Å². The number of benzene rings is 1. The topological polar surface area (TPSA) is 90.5 Å². The Balaban J connectivity index is 1.45. The lowest BCUT2D eigenvalue weighted by Gasteiger charge is -2.15. The van der Waals surface area contributed by atoms with Gasteiger partial charge >= 0.3 is 0 Å². The lowest BCUT2D eigenvalue weighted by molar-refractivity contribution is -0.123. The van der Waals surface area contributed by atoms with E-state index in [0.717, 1.165) is 36.9 Å². The van der Waals surface area contributed by atoms with Crippen LogP contribution in [0.4, 0.5) is 0 Å². The Bertz CT molecular complexity index is 871. The number of aromatic nitrogens is 6. The smallest absolute Gasteiger partial charge is 0.231 e. The molecule has 0 bridgehead atoms. The zero-order chi connectivity index (χ0) is 17.8. The maximum Gasteiger partial charge on any atom is 0.231 e. The molecule has 2 aromatic heterocycles. The van der Waals surface area contributed by atoms with Crippen LogP contribution in [0.25, 0.3) is 0 Å². The van der Waals surface area contributed by atoms with Crippen LogP contribution < -0.4 is 5.32 Å². The number of fused-ring (bicyclic) bond motifs is 1. The minimum Gasteiger partial charge on any atom is -0.351 e. The number of carbonyl (C=O) groups is 1. The van der Waals surface area contributed by atoms with Crippen molar-refractivity contribution < 1.29 is 4.79 Å². The van der Waals surface area contributed by atoms with Crippen LogP contribution in [0.1, 0.15) is 42.1 Å². The Morgan fingerprint density at radius 3 is 2.92 bits per heavy atom.